The standard InChI is InChI=1S/C17H11ClN2O4/c18-15-10-13(20(22)23)6-8-16(15)19-17(21)24-14-7-5-11-3-1-2-4-12(11)9-14/h1-10H,(H,19,21). The molecule has 0 fully saturated rings. The first kappa shape index (κ1) is 15.8. The summed E-state index contributed by atoms with van der Waals surface area (Å²) in [6.45, 7) is 0. The number of nitrogens with zero attached hydrogens (tertiary/aromatic N) is 1. The van der Waals surface area contributed by atoms with Gasteiger partial charge in [0, 0.05) is 12.1 Å². The van der Waals surface area contributed by atoms with Crippen molar-refractivity contribution in [2.45, 2.75) is 0 Å². The molecule has 0 radical (unpaired) electrons. The Bertz CT molecular complexity index is 943. The van der Waals surface area contributed by atoms with Crippen molar-refractivity contribution in [3.63, 3.8) is 0 Å². The lowest BCUT2D eigenvalue weighted by molar-refractivity contribution is -0.384. The number of carbonyl (C=O) groups excluding carboxylic acids is 1. The van der Waals surface area contributed by atoms with Crippen LogP contribution in [-0.4, -0.2) is 11.0 Å². The van der Waals surface area contributed by atoms with Gasteiger partial charge in [-0.1, -0.05) is 41.9 Å². The lowest BCUT2D eigenvalue weighted by Gasteiger charge is -2.08. The second-order valence-corrected chi connectivity index (χ2v) is 5.35. The maximum Gasteiger partial charge on any atom is 0.417 e. The number of halogens is 1. The molecule has 0 spiro atoms. The molecule has 120 valence electrons. The highest BCUT2D eigenvalue weighted by molar-refractivity contribution is 6.33. The van der Waals surface area contributed by atoms with Crippen LogP contribution >= 0.6 is 11.6 Å². The van der Waals surface area contributed by atoms with Crippen LogP contribution in [0.3, 0.4) is 0 Å². The number of anilines is 1. The summed E-state index contributed by atoms with van der Waals surface area (Å²) in [7, 11) is 0. The highest BCUT2D eigenvalue weighted by atomic mass is 35.5. The van der Waals surface area contributed by atoms with E-state index in [1.54, 1.807) is 12.1 Å². The van der Waals surface area contributed by atoms with Crippen molar-refractivity contribution >= 4 is 39.8 Å². The Morgan fingerprint density at radius 1 is 1.04 bits per heavy atom. The molecule has 0 saturated carbocycles. The Hall–Kier alpha value is -3.12. The fourth-order valence-electron chi connectivity index (χ4n) is 2.19. The summed E-state index contributed by atoms with van der Waals surface area (Å²) in [6, 6.07) is 16.7. The molecule has 0 unspecified atom stereocenters. The summed E-state index contributed by atoms with van der Waals surface area (Å²) in [5.74, 6) is 0.379. The number of hydrogen-bond acceptors (Lipinski definition) is 4. The Morgan fingerprint density at radius 2 is 1.79 bits per heavy atom. The van der Waals surface area contributed by atoms with E-state index in [1.807, 2.05) is 30.3 Å². The zero-order chi connectivity index (χ0) is 17.1. The van der Waals surface area contributed by atoms with E-state index in [0.717, 1.165) is 16.8 Å². The average Bonchev–Trinajstić information content (AvgIpc) is 2.56. The molecule has 0 aromatic heterocycles. The van der Waals surface area contributed by atoms with Gasteiger partial charge in [-0.25, -0.2) is 4.79 Å². The Balaban J connectivity index is 1.74. The van der Waals surface area contributed by atoms with Crippen LogP contribution in [0.1, 0.15) is 0 Å². The summed E-state index contributed by atoms with van der Waals surface area (Å²) in [6.07, 6.45) is -0.735. The van der Waals surface area contributed by atoms with Crippen LogP contribution in [0.4, 0.5) is 16.2 Å². The Kier molecular flexibility index (Phi) is 4.31. The smallest absolute Gasteiger partial charge is 0.410 e. The molecular formula is C17H11ClN2O4. The molecule has 0 aliphatic carbocycles. The van der Waals surface area contributed by atoms with E-state index in [-0.39, 0.29) is 16.4 Å². The topological polar surface area (TPSA) is 81.5 Å². The molecule has 7 heteroatoms. The van der Waals surface area contributed by atoms with Gasteiger partial charge in [-0.15, -0.1) is 0 Å². The minimum absolute atomic E-state index is 0.0552. The molecule has 24 heavy (non-hydrogen) atoms. The lowest BCUT2D eigenvalue weighted by atomic mass is 10.1. The van der Waals surface area contributed by atoms with Crippen LogP contribution in [0.25, 0.3) is 10.8 Å². The van der Waals surface area contributed by atoms with Gasteiger partial charge >= 0.3 is 6.09 Å². The van der Waals surface area contributed by atoms with E-state index in [4.69, 9.17) is 16.3 Å². The largest absolute Gasteiger partial charge is 0.417 e. The van der Waals surface area contributed by atoms with Gasteiger partial charge in [-0.2, -0.15) is 0 Å². The molecule has 0 atom stereocenters. The predicted octanol–water partition coefficient (Wildman–Crippen LogP) is 5.01. The van der Waals surface area contributed by atoms with Gasteiger partial charge < -0.3 is 4.74 Å². The molecule has 0 bridgehead atoms. The lowest BCUT2D eigenvalue weighted by Crippen LogP contribution is -2.17. The molecule has 3 aromatic rings. The third kappa shape index (κ3) is 3.44. The second-order valence-electron chi connectivity index (χ2n) is 4.94. The number of fused-ring (bicyclic) bond motifs is 1. The number of benzene rings is 3. The fourth-order valence-corrected chi connectivity index (χ4v) is 2.41. The summed E-state index contributed by atoms with van der Waals surface area (Å²) in [4.78, 5) is 22.1. The van der Waals surface area contributed by atoms with Crippen LogP contribution in [0.15, 0.2) is 60.7 Å². The molecule has 0 heterocycles. The van der Waals surface area contributed by atoms with Gasteiger partial charge in [0.05, 0.1) is 15.6 Å². The van der Waals surface area contributed by atoms with Crippen LogP contribution in [0, 0.1) is 10.1 Å². The highest BCUT2D eigenvalue weighted by Crippen LogP contribution is 2.27. The number of rotatable bonds is 3. The first-order chi connectivity index (χ1) is 11.5. The Labute approximate surface area is 141 Å². The van der Waals surface area contributed by atoms with E-state index < -0.39 is 11.0 Å². The maximum absolute atomic E-state index is 12.0. The second kappa shape index (κ2) is 6.55. The third-order valence-corrected chi connectivity index (χ3v) is 3.64. The van der Waals surface area contributed by atoms with Crippen LogP contribution in [0.5, 0.6) is 5.75 Å². The summed E-state index contributed by atoms with van der Waals surface area (Å²) in [5.41, 5.74) is 0.0708. The van der Waals surface area contributed by atoms with E-state index in [9.17, 15) is 14.9 Å². The van der Waals surface area contributed by atoms with Crippen molar-refractivity contribution in [2.75, 3.05) is 5.32 Å². The number of hydrogen-bond donors (Lipinski definition) is 1. The SMILES string of the molecule is O=C(Nc1ccc([N+](=O)[O-])cc1Cl)Oc1ccc2ccccc2c1. The first-order valence-electron chi connectivity index (χ1n) is 6.94. The van der Waals surface area contributed by atoms with Crippen LogP contribution in [-0.2, 0) is 0 Å². The summed E-state index contributed by atoms with van der Waals surface area (Å²) >= 11 is 5.92. The van der Waals surface area contributed by atoms with Crippen molar-refractivity contribution in [1.29, 1.82) is 0 Å². The normalized spacial score (nSPS) is 10.4. The van der Waals surface area contributed by atoms with Gasteiger partial charge in [-0.05, 0) is 29.0 Å². The van der Waals surface area contributed by atoms with E-state index >= 15 is 0 Å². The summed E-state index contributed by atoms with van der Waals surface area (Å²) < 4.78 is 5.22. The minimum Gasteiger partial charge on any atom is -0.410 e. The van der Waals surface area contributed by atoms with Gasteiger partial charge in [-0.3, -0.25) is 15.4 Å². The minimum atomic E-state index is -0.735. The molecule has 0 saturated heterocycles. The molecular weight excluding hydrogens is 332 g/mol. The third-order valence-electron chi connectivity index (χ3n) is 3.33. The monoisotopic (exact) mass is 342 g/mol. The molecule has 0 aliphatic rings. The number of nitrogens with one attached hydrogen (secondary N) is 1. The van der Waals surface area contributed by atoms with Crippen molar-refractivity contribution < 1.29 is 14.5 Å². The molecule has 0 aliphatic heterocycles. The van der Waals surface area contributed by atoms with Crippen molar-refractivity contribution in [1.82, 2.24) is 0 Å². The highest BCUT2D eigenvalue weighted by Gasteiger charge is 2.12. The van der Waals surface area contributed by atoms with Gasteiger partial charge in [0.25, 0.3) is 5.69 Å². The Morgan fingerprint density at radius 3 is 2.50 bits per heavy atom. The maximum atomic E-state index is 12.0. The summed E-state index contributed by atoms with van der Waals surface area (Å²) in [5, 5.41) is 15.2. The molecule has 3 aromatic carbocycles. The number of non-ortho nitro benzene ring substituents is 1. The molecule has 1 N–H and O–H groups in total. The molecule has 3 rings (SSSR count). The van der Waals surface area contributed by atoms with Crippen molar-refractivity contribution in [3.05, 3.63) is 75.8 Å². The molecule has 1 amide bonds. The zero-order valence-electron chi connectivity index (χ0n) is 12.2. The predicted molar refractivity (Wildman–Crippen MR) is 91.7 cm³/mol. The van der Waals surface area contributed by atoms with Gasteiger partial charge in [0.2, 0.25) is 0 Å². The number of nitro benzene ring substituents is 1. The van der Waals surface area contributed by atoms with Gasteiger partial charge in [0.1, 0.15) is 5.75 Å². The number of ether oxygens (including phenoxy) is 1. The number of amides is 1. The number of nitro groups is 1. The van der Waals surface area contributed by atoms with E-state index in [2.05, 4.69) is 5.32 Å². The van der Waals surface area contributed by atoms with Gasteiger partial charge in [0.15, 0.2) is 0 Å². The molecule has 6 nitrogen and oxygen atoms in total. The van der Waals surface area contributed by atoms with Crippen molar-refractivity contribution in [3.8, 4) is 5.75 Å². The fraction of sp³-hybridized carbons (Fsp3) is 0. The number of carbonyl (C=O) groups is 1. The van der Waals surface area contributed by atoms with Crippen LogP contribution in [0.2, 0.25) is 5.02 Å². The first-order valence-corrected chi connectivity index (χ1v) is 7.32. The van der Waals surface area contributed by atoms with E-state index in [1.165, 1.54) is 12.1 Å². The van der Waals surface area contributed by atoms with Crippen LogP contribution < -0.4 is 10.1 Å². The van der Waals surface area contributed by atoms with Crippen molar-refractivity contribution in [2.24, 2.45) is 0 Å². The zero-order valence-corrected chi connectivity index (χ0v) is 13.0. The average molecular weight is 343 g/mol. The van der Waals surface area contributed by atoms with E-state index in [0.29, 0.717) is 5.75 Å². The quantitative estimate of drug-likeness (QED) is 0.535.